The average molecular weight is 236 g/mol. The summed E-state index contributed by atoms with van der Waals surface area (Å²) >= 11 is 0. The maximum Gasteiger partial charge on any atom is 0.0636 e. The maximum atomic E-state index is 5.56. The van der Waals surface area contributed by atoms with E-state index in [1.165, 1.54) is 22.3 Å². The third kappa shape index (κ3) is 4.11. The molecular formula is C14H24N2O. The van der Waals surface area contributed by atoms with Gasteiger partial charge in [-0.15, -0.1) is 0 Å². The second-order valence-electron chi connectivity index (χ2n) is 4.60. The second-order valence-corrected chi connectivity index (χ2v) is 4.60. The number of hydrogen-bond acceptors (Lipinski definition) is 3. The normalized spacial score (nSPS) is 12.8. The van der Waals surface area contributed by atoms with Gasteiger partial charge in [0, 0.05) is 12.6 Å². The van der Waals surface area contributed by atoms with E-state index in [4.69, 9.17) is 10.6 Å². The van der Waals surface area contributed by atoms with Gasteiger partial charge >= 0.3 is 0 Å². The van der Waals surface area contributed by atoms with Crippen LogP contribution >= 0.6 is 0 Å². The number of nitrogens with two attached hydrogens (primary N) is 1. The predicted octanol–water partition coefficient (Wildman–Crippen LogP) is 2.02. The van der Waals surface area contributed by atoms with Crippen LogP contribution in [-0.4, -0.2) is 19.3 Å². The van der Waals surface area contributed by atoms with E-state index in [-0.39, 0.29) is 6.04 Å². The number of rotatable bonds is 6. The molecule has 0 fully saturated rings. The van der Waals surface area contributed by atoms with Crippen molar-refractivity contribution in [2.24, 2.45) is 5.84 Å². The van der Waals surface area contributed by atoms with Gasteiger partial charge in [-0.05, 0) is 50.8 Å². The van der Waals surface area contributed by atoms with Crippen LogP contribution in [0.15, 0.2) is 12.1 Å². The molecular weight excluding hydrogens is 212 g/mol. The predicted molar refractivity (Wildman–Crippen MR) is 72.0 cm³/mol. The molecule has 96 valence electrons. The highest BCUT2D eigenvalue weighted by molar-refractivity contribution is 5.38. The molecule has 0 bridgehead atoms. The van der Waals surface area contributed by atoms with Crippen LogP contribution in [0.4, 0.5) is 0 Å². The number of ether oxygens (including phenoxy) is 1. The highest BCUT2D eigenvalue weighted by Gasteiger charge is 2.11. The summed E-state index contributed by atoms with van der Waals surface area (Å²) in [6.07, 6.45) is 0.911. The van der Waals surface area contributed by atoms with Gasteiger partial charge in [-0.3, -0.25) is 11.3 Å². The number of hydrazine groups is 1. The van der Waals surface area contributed by atoms with Crippen molar-refractivity contribution in [3.05, 3.63) is 34.4 Å². The maximum absolute atomic E-state index is 5.56. The fraction of sp³-hybridized carbons (Fsp3) is 0.571. The standard InChI is InChI=1S/C14H24N2O/c1-5-17-9-13(16-15)8-14-11(3)6-10(2)7-12(14)4/h6-7,13,16H,5,8-9,15H2,1-4H3. The minimum Gasteiger partial charge on any atom is -0.380 e. The zero-order valence-electron chi connectivity index (χ0n) is 11.3. The van der Waals surface area contributed by atoms with E-state index in [1.807, 2.05) is 6.92 Å². The number of nitrogens with one attached hydrogen (secondary N) is 1. The van der Waals surface area contributed by atoms with E-state index in [9.17, 15) is 0 Å². The Labute approximate surface area is 104 Å². The molecule has 1 unspecified atom stereocenters. The van der Waals surface area contributed by atoms with Gasteiger partial charge < -0.3 is 4.74 Å². The van der Waals surface area contributed by atoms with E-state index in [2.05, 4.69) is 38.3 Å². The lowest BCUT2D eigenvalue weighted by Crippen LogP contribution is -2.40. The lowest BCUT2D eigenvalue weighted by molar-refractivity contribution is 0.122. The van der Waals surface area contributed by atoms with Crippen LogP contribution in [0.5, 0.6) is 0 Å². The SMILES string of the molecule is CCOCC(Cc1c(C)cc(C)cc1C)NN. The minimum absolute atomic E-state index is 0.176. The molecule has 3 nitrogen and oxygen atoms in total. The van der Waals surface area contributed by atoms with Crippen molar-refractivity contribution < 1.29 is 4.74 Å². The highest BCUT2D eigenvalue weighted by Crippen LogP contribution is 2.18. The monoisotopic (exact) mass is 236 g/mol. The van der Waals surface area contributed by atoms with Crippen molar-refractivity contribution >= 4 is 0 Å². The molecule has 3 N–H and O–H groups in total. The van der Waals surface area contributed by atoms with E-state index in [1.54, 1.807) is 0 Å². The van der Waals surface area contributed by atoms with Crippen LogP contribution < -0.4 is 11.3 Å². The second kappa shape index (κ2) is 6.74. The summed E-state index contributed by atoms with van der Waals surface area (Å²) in [7, 11) is 0. The Morgan fingerprint density at radius 1 is 1.24 bits per heavy atom. The van der Waals surface area contributed by atoms with Gasteiger partial charge in [-0.2, -0.15) is 0 Å². The van der Waals surface area contributed by atoms with E-state index in [0.29, 0.717) is 6.61 Å². The van der Waals surface area contributed by atoms with Crippen molar-refractivity contribution in [3.63, 3.8) is 0 Å². The Kier molecular flexibility index (Phi) is 5.62. The number of aryl methyl sites for hydroxylation is 3. The molecule has 0 heterocycles. The average Bonchev–Trinajstić information content (AvgIpc) is 2.27. The molecule has 0 radical (unpaired) electrons. The van der Waals surface area contributed by atoms with Crippen LogP contribution in [0.25, 0.3) is 0 Å². The Bertz CT molecular complexity index is 340. The van der Waals surface area contributed by atoms with Crippen molar-refractivity contribution in [3.8, 4) is 0 Å². The zero-order chi connectivity index (χ0) is 12.8. The summed E-state index contributed by atoms with van der Waals surface area (Å²) in [4.78, 5) is 0. The van der Waals surface area contributed by atoms with Crippen molar-refractivity contribution in [1.82, 2.24) is 5.43 Å². The molecule has 1 aromatic carbocycles. The van der Waals surface area contributed by atoms with Gasteiger partial charge in [-0.25, -0.2) is 0 Å². The molecule has 0 aliphatic carbocycles. The molecule has 0 aromatic heterocycles. The summed E-state index contributed by atoms with van der Waals surface area (Å²) < 4.78 is 5.42. The third-order valence-electron chi connectivity index (χ3n) is 3.05. The molecule has 17 heavy (non-hydrogen) atoms. The lowest BCUT2D eigenvalue weighted by Gasteiger charge is -2.19. The topological polar surface area (TPSA) is 47.3 Å². The fourth-order valence-electron chi connectivity index (χ4n) is 2.20. The molecule has 0 saturated carbocycles. The van der Waals surface area contributed by atoms with E-state index >= 15 is 0 Å². The Morgan fingerprint density at radius 3 is 2.29 bits per heavy atom. The number of benzene rings is 1. The zero-order valence-corrected chi connectivity index (χ0v) is 11.3. The summed E-state index contributed by atoms with van der Waals surface area (Å²) in [5.41, 5.74) is 8.18. The summed E-state index contributed by atoms with van der Waals surface area (Å²) in [6.45, 7) is 9.82. The molecule has 3 heteroatoms. The molecule has 0 amide bonds. The third-order valence-corrected chi connectivity index (χ3v) is 3.05. The van der Waals surface area contributed by atoms with Crippen LogP contribution in [-0.2, 0) is 11.2 Å². The van der Waals surface area contributed by atoms with Crippen molar-refractivity contribution in [2.75, 3.05) is 13.2 Å². The smallest absolute Gasteiger partial charge is 0.0636 e. The van der Waals surface area contributed by atoms with E-state index < -0.39 is 0 Å². The fourth-order valence-corrected chi connectivity index (χ4v) is 2.20. The first kappa shape index (κ1) is 14.2. The van der Waals surface area contributed by atoms with Crippen LogP contribution in [0.2, 0.25) is 0 Å². The molecule has 0 aliphatic heterocycles. The lowest BCUT2D eigenvalue weighted by atomic mass is 9.95. The Hall–Kier alpha value is -0.900. The highest BCUT2D eigenvalue weighted by atomic mass is 16.5. The van der Waals surface area contributed by atoms with Crippen molar-refractivity contribution in [1.29, 1.82) is 0 Å². The van der Waals surface area contributed by atoms with Gasteiger partial charge in [-0.1, -0.05) is 17.7 Å². The Morgan fingerprint density at radius 2 is 1.82 bits per heavy atom. The van der Waals surface area contributed by atoms with Gasteiger partial charge in [0.1, 0.15) is 0 Å². The van der Waals surface area contributed by atoms with Crippen molar-refractivity contribution in [2.45, 2.75) is 40.2 Å². The van der Waals surface area contributed by atoms with Crippen LogP contribution in [0.1, 0.15) is 29.2 Å². The first-order valence-electron chi connectivity index (χ1n) is 6.19. The minimum atomic E-state index is 0.176. The van der Waals surface area contributed by atoms with Gasteiger partial charge in [0.2, 0.25) is 0 Å². The molecule has 1 aromatic rings. The molecule has 0 saturated heterocycles. The van der Waals surface area contributed by atoms with Gasteiger partial charge in [0.25, 0.3) is 0 Å². The van der Waals surface area contributed by atoms with Crippen LogP contribution in [0.3, 0.4) is 0 Å². The summed E-state index contributed by atoms with van der Waals surface area (Å²) in [5.74, 6) is 5.56. The number of hydrogen-bond donors (Lipinski definition) is 2. The summed E-state index contributed by atoms with van der Waals surface area (Å²) in [5, 5.41) is 0. The van der Waals surface area contributed by atoms with Gasteiger partial charge in [0.15, 0.2) is 0 Å². The van der Waals surface area contributed by atoms with Crippen LogP contribution in [0, 0.1) is 20.8 Å². The Balaban J connectivity index is 2.78. The molecule has 1 atom stereocenters. The van der Waals surface area contributed by atoms with E-state index in [0.717, 1.165) is 13.0 Å². The molecule has 1 rings (SSSR count). The van der Waals surface area contributed by atoms with Gasteiger partial charge in [0.05, 0.1) is 6.61 Å². The molecule has 0 spiro atoms. The first-order valence-corrected chi connectivity index (χ1v) is 6.19. The quantitative estimate of drug-likeness (QED) is 0.587. The largest absolute Gasteiger partial charge is 0.380 e. The first-order chi connectivity index (χ1) is 8.08. The molecule has 0 aliphatic rings. The summed E-state index contributed by atoms with van der Waals surface area (Å²) in [6, 6.07) is 4.61.